The van der Waals surface area contributed by atoms with Crippen LogP contribution < -0.4 is 4.74 Å². The monoisotopic (exact) mass is 214 g/mol. The SMILES string of the molecule is CC(C)c1cnc(Oc2ccccc2)cn1. The summed E-state index contributed by atoms with van der Waals surface area (Å²) < 4.78 is 5.54. The summed E-state index contributed by atoms with van der Waals surface area (Å²) in [6.07, 6.45) is 3.41. The Bertz CT molecular complexity index is 437. The van der Waals surface area contributed by atoms with Crippen LogP contribution in [0.3, 0.4) is 0 Å². The summed E-state index contributed by atoms with van der Waals surface area (Å²) in [5.74, 6) is 1.68. The molecule has 1 heterocycles. The van der Waals surface area contributed by atoms with Crippen molar-refractivity contribution in [2.24, 2.45) is 0 Å². The van der Waals surface area contributed by atoms with E-state index in [2.05, 4.69) is 23.8 Å². The number of hydrogen-bond acceptors (Lipinski definition) is 3. The molecule has 0 atom stereocenters. The maximum atomic E-state index is 5.54. The number of rotatable bonds is 3. The van der Waals surface area contributed by atoms with Crippen molar-refractivity contribution in [1.82, 2.24) is 9.97 Å². The van der Waals surface area contributed by atoms with Crippen molar-refractivity contribution < 1.29 is 4.74 Å². The molecule has 2 rings (SSSR count). The third-order valence-electron chi connectivity index (χ3n) is 2.21. The highest BCUT2D eigenvalue weighted by Gasteiger charge is 2.02. The maximum absolute atomic E-state index is 5.54. The standard InChI is InChI=1S/C13H14N2O/c1-10(2)12-8-15-13(9-14-12)16-11-6-4-3-5-7-11/h3-10H,1-2H3. The molecule has 0 unspecified atom stereocenters. The van der Waals surface area contributed by atoms with Gasteiger partial charge in [0.2, 0.25) is 5.88 Å². The quantitative estimate of drug-likeness (QED) is 0.785. The molecule has 0 aliphatic carbocycles. The van der Waals surface area contributed by atoms with Crippen LogP contribution >= 0.6 is 0 Å². The fraction of sp³-hybridized carbons (Fsp3) is 0.231. The average molecular weight is 214 g/mol. The molecule has 3 nitrogen and oxygen atoms in total. The van der Waals surface area contributed by atoms with Gasteiger partial charge < -0.3 is 4.74 Å². The van der Waals surface area contributed by atoms with E-state index in [9.17, 15) is 0 Å². The number of ether oxygens (including phenoxy) is 1. The molecule has 0 aliphatic heterocycles. The van der Waals surface area contributed by atoms with E-state index in [0.29, 0.717) is 11.8 Å². The van der Waals surface area contributed by atoms with E-state index in [1.165, 1.54) is 0 Å². The van der Waals surface area contributed by atoms with Gasteiger partial charge in [0.1, 0.15) is 5.75 Å². The first-order valence-electron chi connectivity index (χ1n) is 5.30. The number of para-hydroxylation sites is 1. The zero-order valence-electron chi connectivity index (χ0n) is 9.42. The van der Waals surface area contributed by atoms with Gasteiger partial charge in [-0.05, 0) is 18.1 Å². The number of aromatic nitrogens is 2. The van der Waals surface area contributed by atoms with Gasteiger partial charge in [-0.2, -0.15) is 0 Å². The van der Waals surface area contributed by atoms with Gasteiger partial charge in [-0.25, -0.2) is 4.98 Å². The summed E-state index contributed by atoms with van der Waals surface area (Å²) in [6, 6.07) is 9.56. The lowest BCUT2D eigenvalue weighted by Gasteiger charge is -2.06. The van der Waals surface area contributed by atoms with Crippen LogP contribution in [0.25, 0.3) is 0 Å². The predicted octanol–water partition coefficient (Wildman–Crippen LogP) is 3.39. The second kappa shape index (κ2) is 4.75. The van der Waals surface area contributed by atoms with Gasteiger partial charge in [-0.1, -0.05) is 32.0 Å². The Kier molecular flexibility index (Phi) is 3.15. The third-order valence-corrected chi connectivity index (χ3v) is 2.21. The van der Waals surface area contributed by atoms with Crippen molar-refractivity contribution in [2.45, 2.75) is 19.8 Å². The van der Waals surface area contributed by atoms with Gasteiger partial charge in [-0.3, -0.25) is 4.98 Å². The molecule has 82 valence electrons. The zero-order chi connectivity index (χ0) is 11.4. The maximum Gasteiger partial charge on any atom is 0.237 e. The van der Waals surface area contributed by atoms with Gasteiger partial charge in [0.25, 0.3) is 0 Å². The molecule has 3 heteroatoms. The Morgan fingerprint density at radius 2 is 1.75 bits per heavy atom. The Morgan fingerprint density at radius 3 is 2.31 bits per heavy atom. The molecule has 16 heavy (non-hydrogen) atoms. The van der Waals surface area contributed by atoms with Crippen molar-refractivity contribution in [3.63, 3.8) is 0 Å². The molecule has 0 amide bonds. The first kappa shape index (κ1) is 10.6. The fourth-order valence-corrected chi connectivity index (χ4v) is 1.29. The van der Waals surface area contributed by atoms with Crippen LogP contribution in [-0.2, 0) is 0 Å². The van der Waals surface area contributed by atoms with E-state index in [1.807, 2.05) is 30.3 Å². The summed E-state index contributed by atoms with van der Waals surface area (Å²) in [7, 11) is 0. The largest absolute Gasteiger partial charge is 0.438 e. The van der Waals surface area contributed by atoms with Gasteiger partial charge in [0.15, 0.2) is 0 Å². The summed E-state index contributed by atoms with van der Waals surface area (Å²) in [6.45, 7) is 4.17. The zero-order valence-corrected chi connectivity index (χ0v) is 9.42. The van der Waals surface area contributed by atoms with Crippen LogP contribution in [0.15, 0.2) is 42.7 Å². The van der Waals surface area contributed by atoms with Crippen molar-refractivity contribution in [3.8, 4) is 11.6 Å². The smallest absolute Gasteiger partial charge is 0.237 e. The molecule has 2 aromatic rings. The molecular weight excluding hydrogens is 200 g/mol. The Hall–Kier alpha value is -1.90. The van der Waals surface area contributed by atoms with E-state index in [-0.39, 0.29) is 0 Å². The number of benzene rings is 1. The van der Waals surface area contributed by atoms with E-state index in [4.69, 9.17) is 4.74 Å². The molecule has 0 N–H and O–H groups in total. The number of nitrogens with zero attached hydrogens (tertiary/aromatic N) is 2. The minimum Gasteiger partial charge on any atom is -0.438 e. The van der Waals surface area contributed by atoms with Crippen LogP contribution in [0.1, 0.15) is 25.5 Å². The average Bonchev–Trinajstić information content (AvgIpc) is 2.31. The molecule has 0 aliphatic rings. The molecular formula is C13H14N2O. The third kappa shape index (κ3) is 2.57. The summed E-state index contributed by atoms with van der Waals surface area (Å²) in [4.78, 5) is 8.50. The second-order valence-corrected chi connectivity index (χ2v) is 3.85. The summed E-state index contributed by atoms with van der Waals surface area (Å²) in [5.41, 5.74) is 0.973. The van der Waals surface area contributed by atoms with Gasteiger partial charge in [-0.15, -0.1) is 0 Å². The lowest BCUT2D eigenvalue weighted by Crippen LogP contribution is -1.95. The van der Waals surface area contributed by atoms with Crippen LogP contribution in [0, 0.1) is 0 Å². The normalized spacial score (nSPS) is 10.4. The van der Waals surface area contributed by atoms with Crippen molar-refractivity contribution >= 4 is 0 Å². The van der Waals surface area contributed by atoms with Gasteiger partial charge >= 0.3 is 0 Å². The molecule has 0 bridgehead atoms. The predicted molar refractivity (Wildman–Crippen MR) is 62.6 cm³/mol. The fourth-order valence-electron chi connectivity index (χ4n) is 1.29. The highest BCUT2D eigenvalue weighted by Crippen LogP contribution is 2.18. The van der Waals surface area contributed by atoms with E-state index in [1.54, 1.807) is 12.4 Å². The number of hydrogen-bond donors (Lipinski definition) is 0. The Labute approximate surface area is 95.1 Å². The molecule has 0 spiro atoms. The van der Waals surface area contributed by atoms with Crippen molar-refractivity contribution in [2.75, 3.05) is 0 Å². The minimum atomic E-state index is 0.387. The summed E-state index contributed by atoms with van der Waals surface area (Å²) >= 11 is 0. The highest BCUT2D eigenvalue weighted by molar-refractivity contribution is 5.25. The van der Waals surface area contributed by atoms with Crippen LogP contribution in [0.4, 0.5) is 0 Å². The molecule has 0 fully saturated rings. The van der Waals surface area contributed by atoms with E-state index < -0.39 is 0 Å². The van der Waals surface area contributed by atoms with E-state index >= 15 is 0 Å². The molecule has 1 aromatic carbocycles. The minimum absolute atomic E-state index is 0.387. The lowest BCUT2D eigenvalue weighted by atomic mass is 10.1. The van der Waals surface area contributed by atoms with Crippen molar-refractivity contribution in [1.29, 1.82) is 0 Å². The molecule has 0 saturated carbocycles. The summed E-state index contributed by atoms with van der Waals surface area (Å²) in [5, 5.41) is 0. The van der Waals surface area contributed by atoms with Crippen LogP contribution in [0.5, 0.6) is 11.6 Å². The molecule has 0 saturated heterocycles. The first-order valence-corrected chi connectivity index (χ1v) is 5.30. The Balaban J connectivity index is 2.11. The molecule has 0 radical (unpaired) electrons. The highest BCUT2D eigenvalue weighted by atomic mass is 16.5. The van der Waals surface area contributed by atoms with Crippen LogP contribution in [0.2, 0.25) is 0 Å². The van der Waals surface area contributed by atoms with Gasteiger partial charge in [0, 0.05) is 0 Å². The Morgan fingerprint density at radius 1 is 1.00 bits per heavy atom. The topological polar surface area (TPSA) is 35.0 Å². The molecule has 1 aromatic heterocycles. The van der Waals surface area contributed by atoms with Crippen LogP contribution in [-0.4, -0.2) is 9.97 Å². The van der Waals surface area contributed by atoms with Gasteiger partial charge in [0.05, 0.1) is 18.1 Å². The van der Waals surface area contributed by atoms with E-state index in [0.717, 1.165) is 11.4 Å². The first-order chi connectivity index (χ1) is 7.75. The second-order valence-electron chi connectivity index (χ2n) is 3.85. The van der Waals surface area contributed by atoms with Crippen molar-refractivity contribution in [3.05, 3.63) is 48.4 Å². The lowest BCUT2D eigenvalue weighted by molar-refractivity contribution is 0.459.